The number of nitrogens with one attached hydrogen (secondary N) is 2. The van der Waals surface area contributed by atoms with Crippen LogP contribution in [0.4, 0.5) is 4.79 Å². The number of carbonyl (C=O) groups excluding carboxylic acids is 1. The molecule has 0 saturated heterocycles. The van der Waals surface area contributed by atoms with Crippen LogP contribution in [-0.2, 0) is 4.74 Å². The van der Waals surface area contributed by atoms with Crippen LogP contribution in [0.3, 0.4) is 0 Å². The highest BCUT2D eigenvalue weighted by Gasteiger charge is 2.16. The van der Waals surface area contributed by atoms with Gasteiger partial charge in [0, 0.05) is 35.3 Å². The summed E-state index contributed by atoms with van der Waals surface area (Å²) >= 11 is 12.0. The second kappa shape index (κ2) is 9.90. The minimum Gasteiger partial charge on any atom is -0.386 e. The summed E-state index contributed by atoms with van der Waals surface area (Å²) in [4.78, 5) is 11.6. The molecule has 1 aromatic rings. The van der Waals surface area contributed by atoms with Gasteiger partial charge in [0.05, 0.1) is 12.2 Å². The lowest BCUT2D eigenvalue weighted by atomic mass is 10.1. The van der Waals surface area contributed by atoms with Gasteiger partial charge in [0.15, 0.2) is 0 Å². The molecule has 0 saturated carbocycles. The van der Waals surface area contributed by atoms with Crippen molar-refractivity contribution in [1.82, 2.24) is 10.6 Å². The third kappa shape index (κ3) is 6.83. The van der Waals surface area contributed by atoms with Crippen molar-refractivity contribution in [2.24, 2.45) is 0 Å². The molecule has 0 radical (unpaired) electrons. The number of aliphatic hydroxyl groups is 1. The first-order chi connectivity index (χ1) is 10.4. The first-order valence-electron chi connectivity index (χ1n) is 7.17. The fraction of sp³-hybridized carbons (Fsp3) is 0.533. The van der Waals surface area contributed by atoms with Gasteiger partial charge in [0.2, 0.25) is 0 Å². The monoisotopic (exact) mass is 348 g/mol. The average molecular weight is 349 g/mol. The van der Waals surface area contributed by atoms with E-state index < -0.39 is 6.10 Å². The lowest BCUT2D eigenvalue weighted by Gasteiger charge is -2.15. The molecule has 1 aromatic carbocycles. The van der Waals surface area contributed by atoms with Crippen LogP contribution < -0.4 is 10.6 Å². The molecule has 0 heterocycles. The number of aliphatic hydroxyl groups excluding tert-OH is 1. The average Bonchev–Trinajstić information content (AvgIpc) is 2.44. The Kier molecular flexibility index (Phi) is 8.56. The molecule has 0 fully saturated rings. The molecule has 1 unspecified atom stereocenters. The largest absolute Gasteiger partial charge is 0.386 e. The molecule has 1 atom stereocenters. The Labute approximate surface area is 140 Å². The molecule has 1 rings (SSSR count). The van der Waals surface area contributed by atoms with Gasteiger partial charge in [-0.05, 0) is 32.4 Å². The van der Waals surface area contributed by atoms with E-state index in [0.29, 0.717) is 28.8 Å². The van der Waals surface area contributed by atoms with Gasteiger partial charge in [-0.15, -0.1) is 0 Å². The second-order valence-electron chi connectivity index (χ2n) is 5.06. The maximum atomic E-state index is 11.6. The Morgan fingerprint density at radius 3 is 2.50 bits per heavy atom. The second-order valence-corrected chi connectivity index (χ2v) is 5.88. The van der Waals surface area contributed by atoms with Gasteiger partial charge in [-0.1, -0.05) is 29.3 Å². The first kappa shape index (κ1) is 19.0. The fourth-order valence-corrected chi connectivity index (χ4v) is 2.43. The fourth-order valence-electron chi connectivity index (χ4n) is 1.78. The summed E-state index contributed by atoms with van der Waals surface area (Å²) in [6, 6.07) is 4.62. The van der Waals surface area contributed by atoms with E-state index in [9.17, 15) is 9.90 Å². The normalized spacial score (nSPS) is 12.3. The molecule has 2 amide bonds. The zero-order chi connectivity index (χ0) is 16.5. The number of hydrogen-bond donors (Lipinski definition) is 3. The van der Waals surface area contributed by atoms with Crippen molar-refractivity contribution in [3.63, 3.8) is 0 Å². The van der Waals surface area contributed by atoms with Crippen molar-refractivity contribution in [3.05, 3.63) is 33.8 Å². The predicted octanol–water partition coefficient (Wildman–Crippen LogP) is 3.14. The van der Waals surface area contributed by atoms with Gasteiger partial charge in [0.1, 0.15) is 0 Å². The molecule has 7 heteroatoms. The Bertz CT molecular complexity index is 464. The molecule has 3 N–H and O–H groups in total. The summed E-state index contributed by atoms with van der Waals surface area (Å²) in [5.74, 6) is 0. The summed E-state index contributed by atoms with van der Waals surface area (Å²) < 4.78 is 5.36. The zero-order valence-electron chi connectivity index (χ0n) is 12.7. The Balaban J connectivity index is 2.29. The van der Waals surface area contributed by atoms with Crippen molar-refractivity contribution >= 4 is 29.2 Å². The highest BCUT2D eigenvalue weighted by molar-refractivity contribution is 6.36. The first-order valence-corrected chi connectivity index (χ1v) is 7.92. The third-order valence-corrected chi connectivity index (χ3v) is 3.51. The minimum atomic E-state index is -0.962. The smallest absolute Gasteiger partial charge is 0.314 e. The van der Waals surface area contributed by atoms with Crippen molar-refractivity contribution in [1.29, 1.82) is 0 Å². The molecular formula is C15H22Cl2N2O3. The third-order valence-electron chi connectivity index (χ3n) is 2.85. The molecule has 0 aromatic heterocycles. The van der Waals surface area contributed by atoms with Crippen LogP contribution in [0.2, 0.25) is 10.0 Å². The highest BCUT2D eigenvalue weighted by atomic mass is 35.5. The standard InChI is InChI=1S/C15H22Cl2N2O3/c1-10(2)22-8-4-7-18-15(21)19-9-13(20)14-11(16)5-3-6-12(14)17/h3,5-6,10,13,20H,4,7-9H2,1-2H3,(H2,18,19,21). The van der Waals surface area contributed by atoms with E-state index in [1.807, 2.05) is 13.8 Å². The Morgan fingerprint density at radius 1 is 1.27 bits per heavy atom. The summed E-state index contributed by atoms with van der Waals surface area (Å²) in [5, 5.41) is 16.1. The van der Waals surface area contributed by atoms with Crippen LogP contribution in [0.15, 0.2) is 18.2 Å². The Hall–Kier alpha value is -1.01. The van der Waals surface area contributed by atoms with E-state index in [2.05, 4.69) is 10.6 Å². The van der Waals surface area contributed by atoms with Crippen LogP contribution in [-0.4, -0.2) is 36.9 Å². The molecule has 0 spiro atoms. The van der Waals surface area contributed by atoms with Crippen LogP contribution >= 0.6 is 23.2 Å². The van der Waals surface area contributed by atoms with Gasteiger partial charge >= 0.3 is 6.03 Å². The van der Waals surface area contributed by atoms with Gasteiger partial charge in [0.25, 0.3) is 0 Å². The van der Waals surface area contributed by atoms with E-state index in [0.717, 1.165) is 6.42 Å². The van der Waals surface area contributed by atoms with Crippen molar-refractivity contribution < 1.29 is 14.6 Å². The quantitative estimate of drug-likeness (QED) is 0.632. The van der Waals surface area contributed by atoms with E-state index in [4.69, 9.17) is 27.9 Å². The van der Waals surface area contributed by atoms with Gasteiger partial charge in [-0.25, -0.2) is 4.79 Å². The summed E-state index contributed by atoms with van der Waals surface area (Å²) in [6.07, 6.45) is -0.0506. The molecule has 22 heavy (non-hydrogen) atoms. The predicted molar refractivity (Wildman–Crippen MR) is 88.5 cm³/mol. The van der Waals surface area contributed by atoms with Crippen LogP contribution in [0, 0.1) is 0 Å². The molecule has 0 aliphatic carbocycles. The summed E-state index contributed by atoms with van der Waals surface area (Å²) in [5.41, 5.74) is 0.413. The summed E-state index contributed by atoms with van der Waals surface area (Å²) in [7, 11) is 0. The van der Waals surface area contributed by atoms with Crippen molar-refractivity contribution in [2.45, 2.75) is 32.5 Å². The van der Waals surface area contributed by atoms with Crippen molar-refractivity contribution in [2.75, 3.05) is 19.7 Å². The highest BCUT2D eigenvalue weighted by Crippen LogP contribution is 2.29. The molecule has 0 aliphatic rings. The number of benzene rings is 1. The van der Waals surface area contributed by atoms with Crippen molar-refractivity contribution in [3.8, 4) is 0 Å². The van der Waals surface area contributed by atoms with E-state index in [-0.39, 0.29) is 18.7 Å². The minimum absolute atomic E-state index is 0.0256. The number of rotatable bonds is 8. The van der Waals surface area contributed by atoms with E-state index in [1.54, 1.807) is 18.2 Å². The Morgan fingerprint density at radius 2 is 1.91 bits per heavy atom. The van der Waals surface area contributed by atoms with Crippen LogP contribution in [0.25, 0.3) is 0 Å². The number of amides is 2. The maximum Gasteiger partial charge on any atom is 0.314 e. The van der Waals surface area contributed by atoms with Gasteiger partial charge < -0.3 is 20.5 Å². The van der Waals surface area contributed by atoms with E-state index >= 15 is 0 Å². The molecule has 5 nitrogen and oxygen atoms in total. The molecular weight excluding hydrogens is 327 g/mol. The van der Waals surface area contributed by atoms with Crippen LogP contribution in [0.1, 0.15) is 31.9 Å². The van der Waals surface area contributed by atoms with Crippen LogP contribution in [0.5, 0.6) is 0 Å². The topological polar surface area (TPSA) is 70.6 Å². The number of urea groups is 1. The number of hydrogen-bond acceptors (Lipinski definition) is 3. The number of carbonyl (C=O) groups is 1. The maximum absolute atomic E-state index is 11.6. The van der Waals surface area contributed by atoms with E-state index in [1.165, 1.54) is 0 Å². The van der Waals surface area contributed by atoms with Gasteiger partial charge in [-0.2, -0.15) is 0 Å². The number of halogens is 2. The van der Waals surface area contributed by atoms with Gasteiger partial charge in [-0.3, -0.25) is 0 Å². The molecule has 0 aliphatic heterocycles. The summed E-state index contributed by atoms with van der Waals surface area (Å²) in [6.45, 7) is 5.04. The number of ether oxygens (including phenoxy) is 1. The lowest BCUT2D eigenvalue weighted by molar-refractivity contribution is 0.0774. The lowest BCUT2D eigenvalue weighted by Crippen LogP contribution is -2.38. The molecule has 0 bridgehead atoms. The SMILES string of the molecule is CC(C)OCCCNC(=O)NCC(O)c1c(Cl)cccc1Cl. The molecule has 124 valence electrons. The zero-order valence-corrected chi connectivity index (χ0v) is 14.2.